The molecule has 5 heteroatoms. The number of aryl methyl sites for hydroxylation is 1. The molecule has 1 aliphatic carbocycles. The highest BCUT2D eigenvalue weighted by Crippen LogP contribution is 2.24. The molecule has 2 rings (SSSR count). The molecular weight excluding hydrogens is 206 g/mol. The summed E-state index contributed by atoms with van der Waals surface area (Å²) in [5.74, 6) is 0.318. The maximum atomic E-state index is 11.7. The van der Waals surface area contributed by atoms with Gasteiger partial charge in [0.2, 0.25) is 0 Å². The molecule has 0 radical (unpaired) electrons. The molecule has 0 bridgehead atoms. The second-order valence-electron chi connectivity index (χ2n) is 4.45. The molecule has 88 valence electrons. The molecule has 0 saturated heterocycles. The quantitative estimate of drug-likeness (QED) is 0.702. The van der Waals surface area contributed by atoms with Gasteiger partial charge in [0.1, 0.15) is 0 Å². The summed E-state index contributed by atoms with van der Waals surface area (Å²) in [5, 5.41) is 18.8. The Morgan fingerprint density at radius 3 is 3.06 bits per heavy atom. The largest absolute Gasteiger partial charge is 0.393 e. The van der Waals surface area contributed by atoms with Crippen LogP contribution in [0.2, 0.25) is 0 Å². The summed E-state index contributed by atoms with van der Waals surface area (Å²) in [7, 11) is 0. The molecule has 1 saturated carbocycles. The first-order chi connectivity index (χ1) is 7.66. The van der Waals surface area contributed by atoms with Crippen molar-refractivity contribution in [3.05, 3.63) is 17.5 Å². The summed E-state index contributed by atoms with van der Waals surface area (Å²) in [4.78, 5) is 11.7. The Bertz CT molecular complexity index is 375. The number of carbonyl (C=O) groups excluding carboxylic acids is 1. The Labute approximate surface area is 94.2 Å². The number of hydrogen-bond acceptors (Lipinski definition) is 3. The third-order valence-corrected chi connectivity index (χ3v) is 3.14. The van der Waals surface area contributed by atoms with Gasteiger partial charge >= 0.3 is 0 Å². The van der Waals surface area contributed by atoms with Crippen molar-refractivity contribution in [2.45, 2.75) is 32.3 Å². The van der Waals surface area contributed by atoms with Crippen molar-refractivity contribution < 1.29 is 9.90 Å². The topological polar surface area (TPSA) is 78.0 Å². The van der Waals surface area contributed by atoms with Crippen LogP contribution in [0.5, 0.6) is 0 Å². The number of aliphatic hydroxyl groups is 1. The van der Waals surface area contributed by atoms with E-state index in [1.165, 1.54) is 6.20 Å². The van der Waals surface area contributed by atoms with E-state index >= 15 is 0 Å². The van der Waals surface area contributed by atoms with Crippen LogP contribution in [0.25, 0.3) is 0 Å². The highest BCUT2D eigenvalue weighted by atomic mass is 16.3. The van der Waals surface area contributed by atoms with Gasteiger partial charge in [-0.15, -0.1) is 0 Å². The van der Waals surface area contributed by atoms with Crippen LogP contribution in [0, 0.1) is 12.8 Å². The minimum atomic E-state index is -0.183. The van der Waals surface area contributed by atoms with E-state index in [1.807, 2.05) is 6.92 Å². The van der Waals surface area contributed by atoms with Crippen LogP contribution in [0.3, 0.4) is 0 Å². The second-order valence-corrected chi connectivity index (χ2v) is 4.45. The Kier molecular flexibility index (Phi) is 3.24. The highest BCUT2D eigenvalue weighted by Gasteiger charge is 2.23. The minimum absolute atomic E-state index is 0.0901. The normalized spacial score (nSPS) is 24.6. The number of nitrogens with zero attached hydrogens (tertiary/aromatic N) is 1. The van der Waals surface area contributed by atoms with Crippen molar-refractivity contribution in [3.8, 4) is 0 Å². The van der Waals surface area contributed by atoms with Gasteiger partial charge in [0.15, 0.2) is 0 Å². The number of aromatic nitrogens is 2. The third kappa shape index (κ3) is 2.41. The number of aliphatic hydroxyl groups excluding tert-OH is 1. The minimum Gasteiger partial charge on any atom is -0.393 e. The molecule has 0 aromatic carbocycles. The number of amides is 1. The van der Waals surface area contributed by atoms with Gasteiger partial charge in [0.05, 0.1) is 17.9 Å². The van der Waals surface area contributed by atoms with Crippen molar-refractivity contribution in [3.63, 3.8) is 0 Å². The predicted octanol–water partition coefficient (Wildman–Crippen LogP) is 0.609. The number of nitrogens with one attached hydrogen (secondary N) is 2. The van der Waals surface area contributed by atoms with E-state index in [0.29, 0.717) is 18.0 Å². The van der Waals surface area contributed by atoms with Crippen molar-refractivity contribution in [2.75, 3.05) is 6.54 Å². The first-order valence-corrected chi connectivity index (χ1v) is 5.63. The van der Waals surface area contributed by atoms with Crippen molar-refractivity contribution >= 4 is 5.91 Å². The lowest BCUT2D eigenvalue weighted by Gasteiger charge is -2.10. The van der Waals surface area contributed by atoms with Crippen LogP contribution in [0.4, 0.5) is 0 Å². The second kappa shape index (κ2) is 4.65. The van der Waals surface area contributed by atoms with E-state index in [2.05, 4.69) is 15.5 Å². The molecule has 5 nitrogen and oxygen atoms in total. The Hall–Kier alpha value is -1.36. The fourth-order valence-corrected chi connectivity index (χ4v) is 2.15. The lowest BCUT2D eigenvalue weighted by atomic mass is 10.1. The van der Waals surface area contributed by atoms with Gasteiger partial charge in [-0.3, -0.25) is 9.89 Å². The zero-order valence-corrected chi connectivity index (χ0v) is 9.36. The Morgan fingerprint density at radius 2 is 2.50 bits per heavy atom. The lowest BCUT2D eigenvalue weighted by molar-refractivity contribution is 0.0944. The van der Waals surface area contributed by atoms with Crippen LogP contribution >= 0.6 is 0 Å². The highest BCUT2D eigenvalue weighted by molar-refractivity contribution is 5.94. The molecule has 2 atom stereocenters. The molecule has 2 unspecified atom stereocenters. The van der Waals surface area contributed by atoms with Gasteiger partial charge in [0, 0.05) is 12.2 Å². The lowest BCUT2D eigenvalue weighted by Crippen LogP contribution is -2.28. The summed E-state index contributed by atoms with van der Waals surface area (Å²) >= 11 is 0. The van der Waals surface area contributed by atoms with Crippen LogP contribution in [-0.2, 0) is 0 Å². The zero-order chi connectivity index (χ0) is 11.5. The van der Waals surface area contributed by atoms with Crippen LogP contribution in [-0.4, -0.2) is 33.9 Å². The zero-order valence-electron chi connectivity index (χ0n) is 9.36. The maximum Gasteiger partial charge on any atom is 0.254 e. The van der Waals surface area contributed by atoms with Crippen LogP contribution in [0.1, 0.15) is 35.3 Å². The van der Waals surface area contributed by atoms with Crippen LogP contribution in [0.15, 0.2) is 6.20 Å². The van der Waals surface area contributed by atoms with Gasteiger partial charge in [-0.05, 0) is 32.1 Å². The third-order valence-electron chi connectivity index (χ3n) is 3.14. The molecule has 0 spiro atoms. The Morgan fingerprint density at radius 1 is 1.69 bits per heavy atom. The fourth-order valence-electron chi connectivity index (χ4n) is 2.15. The van der Waals surface area contributed by atoms with Crippen molar-refractivity contribution in [1.29, 1.82) is 0 Å². The van der Waals surface area contributed by atoms with E-state index in [1.54, 1.807) is 0 Å². The summed E-state index contributed by atoms with van der Waals surface area (Å²) in [6, 6.07) is 0. The standard InChI is InChI=1S/C11H17N3O2/c1-7-10(6-13-14-7)11(16)12-5-8-2-3-9(15)4-8/h6,8-9,15H,2-5H2,1H3,(H,12,16)(H,13,14). The summed E-state index contributed by atoms with van der Waals surface area (Å²) in [5.41, 5.74) is 1.38. The molecule has 1 aromatic heterocycles. The number of rotatable bonds is 3. The van der Waals surface area contributed by atoms with Gasteiger partial charge in [-0.25, -0.2) is 0 Å². The molecular formula is C11H17N3O2. The van der Waals surface area contributed by atoms with E-state index in [4.69, 9.17) is 0 Å². The fraction of sp³-hybridized carbons (Fsp3) is 0.636. The molecule has 1 amide bonds. The summed E-state index contributed by atoms with van der Waals surface area (Å²) in [6.07, 6.45) is 3.99. The average molecular weight is 223 g/mol. The van der Waals surface area contributed by atoms with E-state index < -0.39 is 0 Å². The first kappa shape index (κ1) is 11.1. The predicted molar refractivity (Wildman–Crippen MR) is 59.0 cm³/mol. The number of aromatic amines is 1. The van der Waals surface area contributed by atoms with E-state index in [0.717, 1.165) is 25.0 Å². The van der Waals surface area contributed by atoms with Gasteiger partial charge < -0.3 is 10.4 Å². The van der Waals surface area contributed by atoms with Crippen LogP contribution < -0.4 is 5.32 Å². The Balaban J connectivity index is 1.82. The van der Waals surface area contributed by atoms with Gasteiger partial charge in [-0.2, -0.15) is 5.10 Å². The monoisotopic (exact) mass is 223 g/mol. The SMILES string of the molecule is Cc1[nH]ncc1C(=O)NCC1CCC(O)C1. The molecule has 1 aliphatic rings. The van der Waals surface area contributed by atoms with E-state index in [9.17, 15) is 9.90 Å². The number of carbonyl (C=O) groups is 1. The summed E-state index contributed by atoms with van der Waals surface area (Å²) in [6.45, 7) is 2.46. The maximum absolute atomic E-state index is 11.7. The van der Waals surface area contributed by atoms with Crippen molar-refractivity contribution in [2.24, 2.45) is 5.92 Å². The molecule has 0 aliphatic heterocycles. The molecule has 3 N–H and O–H groups in total. The first-order valence-electron chi connectivity index (χ1n) is 5.63. The molecule has 1 heterocycles. The number of H-pyrrole nitrogens is 1. The molecule has 1 aromatic rings. The molecule has 1 fully saturated rings. The molecule has 16 heavy (non-hydrogen) atoms. The van der Waals surface area contributed by atoms with Gasteiger partial charge in [-0.1, -0.05) is 0 Å². The smallest absolute Gasteiger partial charge is 0.254 e. The van der Waals surface area contributed by atoms with E-state index in [-0.39, 0.29) is 12.0 Å². The summed E-state index contributed by atoms with van der Waals surface area (Å²) < 4.78 is 0. The van der Waals surface area contributed by atoms with Crippen molar-refractivity contribution in [1.82, 2.24) is 15.5 Å². The van der Waals surface area contributed by atoms with Gasteiger partial charge in [0.25, 0.3) is 5.91 Å². The average Bonchev–Trinajstić information content (AvgIpc) is 2.84. The number of hydrogen-bond donors (Lipinski definition) is 3.